The summed E-state index contributed by atoms with van der Waals surface area (Å²) in [5.41, 5.74) is 0.465. The molecule has 1 rings (SSSR count). The molecule has 1 aromatic rings. The van der Waals surface area contributed by atoms with Gasteiger partial charge < -0.3 is 4.74 Å². The molecule has 0 aliphatic carbocycles. The minimum Gasteiger partial charge on any atom is -0.480 e. The van der Waals surface area contributed by atoms with Crippen molar-refractivity contribution in [3.05, 3.63) is 28.8 Å². The van der Waals surface area contributed by atoms with Crippen molar-refractivity contribution in [2.45, 2.75) is 6.92 Å². The molecule has 0 aliphatic rings. The SMILES string of the molecule is CC#CCOc1cc(Cl)ccc1C#N. The summed E-state index contributed by atoms with van der Waals surface area (Å²) in [5.74, 6) is 5.92. The first-order chi connectivity index (χ1) is 6.77. The Bertz CT molecular complexity index is 423. The van der Waals surface area contributed by atoms with Crippen molar-refractivity contribution in [1.82, 2.24) is 0 Å². The molecule has 0 unspecified atom stereocenters. The molecule has 0 radical (unpaired) electrons. The topological polar surface area (TPSA) is 33.0 Å². The standard InChI is InChI=1S/C11H8ClNO/c1-2-3-6-14-11-7-10(12)5-4-9(11)8-13/h4-5,7H,6H2,1H3. The van der Waals surface area contributed by atoms with Gasteiger partial charge in [0.2, 0.25) is 0 Å². The zero-order chi connectivity index (χ0) is 10.4. The fraction of sp³-hybridized carbons (Fsp3) is 0.182. The lowest BCUT2D eigenvalue weighted by atomic mass is 10.2. The van der Waals surface area contributed by atoms with Crippen molar-refractivity contribution >= 4 is 11.6 Å². The second kappa shape index (κ2) is 5.17. The molecule has 0 N–H and O–H groups in total. The molecule has 0 saturated heterocycles. The predicted molar refractivity (Wildman–Crippen MR) is 55.1 cm³/mol. The Morgan fingerprint density at radius 2 is 2.29 bits per heavy atom. The number of benzene rings is 1. The third kappa shape index (κ3) is 2.69. The van der Waals surface area contributed by atoms with Crippen LogP contribution in [-0.2, 0) is 0 Å². The maximum Gasteiger partial charge on any atom is 0.149 e. The van der Waals surface area contributed by atoms with Crippen molar-refractivity contribution < 1.29 is 4.74 Å². The number of rotatable bonds is 2. The van der Waals surface area contributed by atoms with E-state index in [1.54, 1.807) is 25.1 Å². The first kappa shape index (κ1) is 10.4. The van der Waals surface area contributed by atoms with E-state index in [1.807, 2.05) is 6.07 Å². The van der Waals surface area contributed by atoms with E-state index in [9.17, 15) is 0 Å². The third-order valence-corrected chi connectivity index (χ3v) is 1.78. The minimum absolute atomic E-state index is 0.269. The molecule has 2 nitrogen and oxygen atoms in total. The lowest BCUT2D eigenvalue weighted by molar-refractivity contribution is 0.369. The summed E-state index contributed by atoms with van der Waals surface area (Å²) in [6.45, 7) is 2.00. The van der Waals surface area contributed by atoms with Gasteiger partial charge in [-0.05, 0) is 19.1 Å². The Hall–Kier alpha value is -1.64. The van der Waals surface area contributed by atoms with Crippen LogP contribution in [0.25, 0.3) is 0 Å². The maximum absolute atomic E-state index is 8.76. The van der Waals surface area contributed by atoms with Crippen LogP contribution >= 0.6 is 11.6 Å². The van der Waals surface area contributed by atoms with Crippen LogP contribution in [0.3, 0.4) is 0 Å². The Balaban J connectivity index is 2.87. The van der Waals surface area contributed by atoms with Gasteiger partial charge in [-0.1, -0.05) is 17.5 Å². The van der Waals surface area contributed by atoms with Gasteiger partial charge in [0, 0.05) is 11.1 Å². The molecule has 0 aromatic heterocycles. The fourth-order valence-electron chi connectivity index (χ4n) is 0.894. The highest BCUT2D eigenvalue weighted by atomic mass is 35.5. The van der Waals surface area contributed by atoms with Crippen LogP contribution in [0.4, 0.5) is 0 Å². The summed E-state index contributed by atoms with van der Waals surface area (Å²) in [6, 6.07) is 6.90. The molecule has 0 bridgehead atoms. The smallest absolute Gasteiger partial charge is 0.149 e. The number of ether oxygens (including phenoxy) is 1. The second-order valence-electron chi connectivity index (χ2n) is 2.47. The Morgan fingerprint density at radius 1 is 1.50 bits per heavy atom. The highest BCUT2D eigenvalue weighted by Gasteiger charge is 2.02. The molecule has 0 aliphatic heterocycles. The average Bonchev–Trinajstić information content (AvgIpc) is 2.19. The fourth-order valence-corrected chi connectivity index (χ4v) is 1.06. The van der Waals surface area contributed by atoms with Crippen LogP contribution in [0, 0.1) is 23.2 Å². The molecule has 3 heteroatoms. The average molecular weight is 206 g/mol. The highest BCUT2D eigenvalue weighted by Crippen LogP contribution is 2.22. The van der Waals surface area contributed by atoms with Crippen LogP contribution in [0.15, 0.2) is 18.2 Å². The van der Waals surface area contributed by atoms with Gasteiger partial charge in [-0.25, -0.2) is 0 Å². The largest absolute Gasteiger partial charge is 0.480 e. The van der Waals surface area contributed by atoms with Crippen molar-refractivity contribution in [2.24, 2.45) is 0 Å². The van der Waals surface area contributed by atoms with E-state index in [0.717, 1.165) is 0 Å². The minimum atomic E-state index is 0.269. The van der Waals surface area contributed by atoms with E-state index >= 15 is 0 Å². The molecule has 14 heavy (non-hydrogen) atoms. The molecular weight excluding hydrogens is 198 g/mol. The summed E-state index contributed by atoms with van der Waals surface area (Å²) in [4.78, 5) is 0. The molecule has 0 fully saturated rings. The molecule has 0 amide bonds. The molecule has 0 heterocycles. The first-order valence-corrected chi connectivity index (χ1v) is 4.37. The number of nitriles is 1. The number of hydrogen-bond acceptors (Lipinski definition) is 2. The van der Waals surface area contributed by atoms with E-state index < -0.39 is 0 Å². The van der Waals surface area contributed by atoms with Crippen LogP contribution in [0.5, 0.6) is 5.75 Å². The number of halogens is 1. The molecular formula is C11H8ClNO. The van der Waals surface area contributed by atoms with Gasteiger partial charge in [0.15, 0.2) is 0 Å². The van der Waals surface area contributed by atoms with Crippen molar-refractivity contribution in [2.75, 3.05) is 6.61 Å². The van der Waals surface area contributed by atoms with E-state index in [4.69, 9.17) is 21.6 Å². The predicted octanol–water partition coefficient (Wildman–Crippen LogP) is 2.61. The summed E-state index contributed by atoms with van der Waals surface area (Å²) in [5, 5.41) is 9.30. The lowest BCUT2D eigenvalue weighted by Crippen LogP contribution is -1.96. The lowest BCUT2D eigenvalue weighted by Gasteiger charge is -2.04. The van der Waals surface area contributed by atoms with Gasteiger partial charge in [-0.2, -0.15) is 5.26 Å². The van der Waals surface area contributed by atoms with Gasteiger partial charge in [-0.3, -0.25) is 0 Å². The number of hydrogen-bond donors (Lipinski definition) is 0. The Labute approximate surface area is 88.1 Å². The zero-order valence-corrected chi connectivity index (χ0v) is 8.43. The first-order valence-electron chi connectivity index (χ1n) is 4.00. The van der Waals surface area contributed by atoms with E-state index in [1.165, 1.54) is 0 Å². The van der Waals surface area contributed by atoms with Gasteiger partial charge in [0.25, 0.3) is 0 Å². The molecule has 1 aromatic carbocycles. The van der Waals surface area contributed by atoms with Crippen LogP contribution in [-0.4, -0.2) is 6.61 Å². The van der Waals surface area contributed by atoms with Crippen LogP contribution in [0.1, 0.15) is 12.5 Å². The van der Waals surface area contributed by atoms with Gasteiger partial charge in [-0.15, -0.1) is 5.92 Å². The maximum atomic E-state index is 8.76. The van der Waals surface area contributed by atoms with Crippen LogP contribution in [0.2, 0.25) is 5.02 Å². The summed E-state index contributed by atoms with van der Waals surface area (Å²) in [7, 11) is 0. The van der Waals surface area contributed by atoms with E-state index in [2.05, 4.69) is 11.8 Å². The number of nitrogens with zero attached hydrogens (tertiary/aromatic N) is 1. The van der Waals surface area contributed by atoms with E-state index in [0.29, 0.717) is 16.3 Å². The highest BCUT2D eigenvalue weighted by molar-refractivity contribution is 6.30. The normalized spacial score (nSPS) is 8.36. The second-order valence-corrected chi connectivity index (χ2v) is 2.90. The zero-order valence-electron chi connectivity index (χ0n) is 7.67. The summed E-state index contributed by atoms with van der Waals surface area (Å²) < 4.78 is 5.27. The molecule has 0 atom stereocenters. The molecule has 70 valence electrons. The van der Waals surface area contributed by atoms with Crippen molar-refractivity contribution in [3.8, 4) is 23.7 Å². The van der Waals surface area contributed by atoms with Gasteiger partial charge >= 0.3 is 0 Å². The monoisotopic (exact) mass is 205 g/mol. The van der Waals surface area contributed by atoms with Crippen molar-refractivity contribution in [1.29, 1.82) is 5.26 Å². The molecule has 0 spiro atoms. The Kier molecular flexibility index (Phi) is 3.85. The quantitative estimate of drug-likeness (QED) is 0.696. The van der Waals surface area contributed by atoms with Gasteiger partial charge in [0.1, 0.15) is 18.4 Å². The molecule has 0 saturated carbocycles. The van der Waals surface area contributed by atoms with Crippen LogP contribution < -0.4 is 4.74 Å². The Morgan fingerprint density at radius 3 is 2.93 bits per heavy atom. The van der Waals surface area contributed by atoms with E-state index in [-0.39, 0.29) is 6.61 Å². The van der Waals surface area contributed by atoms with Crippen molar-refractivity contribution in [3.63, 3.8) is 0 Å². The third-order valence-electron chi connectivity index (χ3n) is 1.54. The summed E-state index contributed by atoms with van der Waals surface area (Å²) in [6.07, 6.45) is 0. The summed E-state index contributed by atoms with van der Waals surface area (Å²) >= 11 is 5.76. The van der Waals surface area contributed by atoms with Gasteiger partial charge in [0.05, 0.1) is 5.56 Å².